The summed E-state index contributed by atoms with van der Waals surface area (Å²) < 4.78 is 10.6. The van der Waals surface area contributed by atoms with Crippen LogP contribution in [0.4, 0.5) is 0 Å². The van der Waals surface area contributed by atoms with Gasteiger partial charge in [-0.2, -0.15) is 0 Å². The molecule has 0 spiro atoms. The molecule has 1 atom stereocenters. The zero-order valence-electron chi connectivity index (χ0n) is 13.5. The van der Waals surface area contributed by atoms with Gasteiger partial charge in [0.1, 0.15) is 11.9 Å². The average molecular weight is 325 g/mol. The first-order chi connectivity index (χ1) is 11.7. The summed E-state index contributed by atoms with van der Waals surface area (Å²) in [5.41, 5.74) is 1.51. The molecule has 1 aliphatic heterocycles. The summed E-state index contributed by atoms with van der Waals surface area (Å²) in [6.07, 6.45) is -0.169. The third-order valence-electron chi connectivity index (χ3n) is 3.99. The molecule has 0 bridgehead atoms. The van der Waals surface area contributed by atoms with Crippen molar-refractivity contribution in [2.24, 2.45) is 0 Å². The molecule has 0 radical (unpaired) electrons. The predicted octanol–water partition coefficient (Wildman–Crippen LogP) is 2.65. The monoisotopic (exact) mass is 325 g/mol. The Kier molecular flexibility index (Phi) is 4.79. The van der Waals surface area contributed by atoms with Crippen LogP contribution in [0.25, 0.3) is 0 Å². The van der Waals surface area contributed by atoms with Crippen LogP contribution in [0.2, 0.25) is 0 Å². The summed E-state index contributed by atoms with van der Waals surface area (Å²) in [6, 6.07) is 16.4. The topological polar surface area (TPSA) is 55.8 Å². The van der Waals surface area contributed by atoms with Gasteiger partial charge in [0.2, 0.25) is 5.91 Å². The molecule has 0 N–H and O–H groups in total. The Bertz CT molecular complexity index is 712. The fourth-order valence-corrected chi connectivity index (χ4v) is 2.71. The van der Waals surface area contributed by atoms with E-state index in [1.807, 2.05) is 30.3 Å². The second-order valence-electron chi connectivity index (χ2n) is 5.72. The third kappa shape index (κ3) is 3.74. The molecule has 24 heavy (non-hydrogen) atoms. The largest absolute Gasteiger partial charge is 0.497 e. The van der Waals surface area contributed by atoms with Gasteiger partial charge in [-0.1, -0.05) is 30.3 Å². The van der Waals surface area contributed by atoms with Gasteiger partial charge in [0.25, 0.3) is 0 Å². The van der Waals surface area contributed by atoms with Gasteiger partial charge in [0, 0.05) is 6.54 Å². The lowest BCUT2D eigenvalue weighted by molar-refractivity contribution is -0.128. The van der Waals surface area contributed by atoms with E-state index in [0.717, 1.165) is 11.3 Å². The van der Waals surface area contributed by atoms with Gasteiger partial charge in [-0.25, -0.2) is 4.79 Å². The first kappa shape index (κ1) is 16.1. The minimum Gasteiger partial charge on any atom is -0.497 e. The highest BCUT2D eigenvalue weighted by Gasteiger charge is 2.32. The van der Waals surface area contributed by atoms with Crippen molar-refractivity contribution < 1.29 is 19.1 Å². The Hall–Kier alpha value is -2.82. The van der Waals surface area contributed by atoms with Crippen LogP contribution in [-0.4, -0.2) is 36.5 Å². The molecule has 0 saturated carbocycles. The lowest BCUT2D eigenvalue weighted by Gasteiger charge is -2.17. The van der Waals surface area contributed by atoms with Crippen molar-refractivity contribution >= 4 is 11.9 Å². The van der Waals surface area contributed by atoms with Crippen molar-refractivity contribution in [3.63, 3.8) is 0 Å². The molecule has 1 heterocycles. The number of hydrogen-bond donors (Lipinski definition) is 0. The van der Waals surface area contributed by atoms with Crippen LogP contribution < -0.4 is 4.74 Å². The highest BCUT2D eigenvalue weighted by molar-refractivity contribution is 5.90. The summed E-state index contributed by atoms with van der Waals surface area (Å²) in [4.78, 5) is 25.9. The van der Waals surface area contributed by atoms with Crippen LogP contribution in [-0.2, 0) is 16.1 Å². The van der Waals surface area contributed by atoms with Crippen molar-refractivity contribution in [1.29, 1.82) is 0 Å². The van der Waals surface area contributed by atoms with Crippen molar-refractivity contribution in [3.8, 4) is 5.75 Å². The number of hydrogen-bond acceptors (Lipinski definition) is 4. The van der Waals surface area contributed by atoms with Gasteiger partial charge in [0.05, 0.1) is 25.6 Å². The summed E-state index contributed by atoms with van der Waals surface area (Å²) in [7, 11) is 1.62. The van der Waals surface area contributed by atoms with Crippen LogP contribution in [0.1, 0.15) is 22.3 Å². The van der Waals surface area contributed by atoms with E-state index in [2.05, 4.69) is 0 Å². The van der Waals surface area contributed by atoms with E-state index in [4.69, 9.17) is 9.47 Å². The summed E-state index contributed by atoms with van der Waals surface area (Å²) in [5, 5.41) is 0. The minimum absolute atomic E-state index is 0.00307. The van der Waals surface area contributed by atoms with Gasteiger partial charge in [-0.3, -0.25) is 4.79 Å². The molecule has 124 valence electrons. The number of esters is 1. The third-order valence-corrected chi connectivity index (χ3v) is 3.99. The summed E-state index contributed by atoms with van der Waals surface area (Å²) in [5.74, 6) is 0.387. The Morgan fingerprint density at radius 2 is 1.83 bits per heavy atom. The van der Waals surface area contributed by atoms with E-state index in [9.17, 15) is 9.59 Å². The molecule has 1 amide bonds. The molecule has 1 saturated heterocycles. The second-order valence-corrected chi connectivity index (χ2v) is 5.72. The van der Waals surface area contributed by atoms with E-state index >= 15 is 0 Å². The molecule has 0 aliphatic carbocycles. The molecule has 0 aromatic heterocycles. The quantitative estimate of drug-likeness (QED) is 0.793. The number of benzene rings is 2. The molecule has 5 nitrogen and oxygen atoms in total. The minimum atomic E-state index is -0.400. The Balaban J connectivity index is 1.58. The Morgan fingerprint density at radius 1 is 1.12 bits per heavy atom. The number of carbonyl (C=O) groups excluding carboxylic acids is 2. The van der Waals surface area contributed by atoms with E-state index in [1.165, 1.54) is 0 Å². The highest BCUT2D eigenvalue weighted by atomic mass is 16.5. The van der Waals surface area contributed by atoms with E-state index in [0.29, 0.717) is 18.7 Å². The smallest absolute Gasteiger partial charge is 0.338 e. The SMILES string of the molecule is COc1ccc(CN2C[C@@H](OC(=O)c3ccccc3)CC2=O)cc1. The molecule has 2 aromatic carbocycles. The van der Waals surface area contributed by atoms with Crippen LogP contribution in [0, 0.1) is 0 Å². The fraction of sp³-hybridized carbons (Fsp3) is 0.263. The number of likely N-dealkylation sites (tertiary alicyclic amines) is 1. The zero-order chi connectivity index (χ0) is 16.9. The van der Waals surface area contributed by atoms with Gasteiger partial charge >= 0.3 is 5.97 Å². The predicted molar refractivity (Wildman–Crippen MR) is 88.7 cm³/mol. The normalized spacial score (nSPS) is 17.0. The van der Waals surface area contributed by atoms with Gasteiger partial charge in [-0.15, -0.1) is 0 Å². The molecule has 1 aliphatic rings. The number of ether oxygens (including phenoxy) is 2. The maximum atomic E-state index is 12.1. The summed E-state index contributed by atoms with van der Waals surface area (Å²) in [6.45, 7) is 0.922. The van der Waals surface area contributed by atoms with Crippen molar-refractivity contribution in [2.75, 3.05) is 13.7 Å². The van der Waals surface area contributed by atoms with E-state index < -0.39 is 6.10 Å². The maximum Gasteiger partial charge on any atom is 0.338 e. The molecular weight excluding hydrogens is 306 g/mol. The Labute approximate surface area is 140 Å². The fourth-order valence-electron chi connectivity index (χ4n) is 2.71. The van der Waals surface area contributed by atoms with Gasteiger partial charge in [0.15, 0.2) is 0 Å². The number of nitrogens with zero attached hydrogens (tertiary/aromatic N) is 1. The standard InChI is InChI=1S/C19H19NO4/c1-23-16-9-7-14(8-10-16)12-20-13-17(11-18(20)21)24-19(22)15-5-3-2-4-6-15/h2-10,17H,11-13H2,1H3/t17-/m0/s1. The van der Waals surface area contributed by atoms with E-state index in [1.54, 1.807) is 36.3 Å². The van der Waals surface area contributed by atoms with E-state index in [-0.39, 0.29) is 18.3 Å². The first-order valence-electron chi connectivity index (χ1n) is 7.82. The molecule has 0 unspecified atom stereocenters. The average Bonchev–Trinajstić information content (AvgIpc) is 2.95. The van der Waals surface area contributed by atoms with Crippen molar-refractivity contribution in [1.82, 2.24) is 4.90 Å². The molecule has 5 heteroatoms. The number of carbonyl (C=O) groups is 2. The summed E-state index contributed by atoms with van der Waals surface area (Å²) >= 11 is 0. The number of rotatable bonds is 5. The molecule has 1 fully saturated rings. The van der Waals surface area contributed by atoms with Crippen LogP contribution in [0.5, 0.6) is 5.75 Å². The Morgan fingerprint density at radius 3 is 2.50 bits per heavy atom. The van der Waals surface area contributed by atoms with Crippen LogP contribution in [0.3, 0.4) is 0 Å². The molecule has 3 rings (SSSR count). The van der Waals surface area contributed by atoms with Crippen LogP contribution >= 0.6 is 0 Å². The number of amides is 1. The van der Waals surface area contributed by atoms with Crippen LogP contribution in [0.15, 0.2) is 54.6 Å². The van der Waals surface area contributed by atoms with Gasteiger partial charge < -0.3 is 14.4 Å². The maximum absolute atomic E-state index is 12.1. The lowest BCUT2D eigenvalue weighted by atomic mass is 10.2. The van der Waals surface area contributed by atoms with Crippen molar-refractivity contribution in [2.45, 2.75) is 19.1 Å². The second kappa shape index (κ2) is 7.17. The molecular formula is C19H19NO4. The number of methoxy groups -OCH3 is 1. The van der Waals surface area contributed by atoms with Crippen molar-refractivity contribution in [3.05, 3.63) is 65.7 Å². The first-order valence-corrected chi connectivity index (χ1v) is 7.82. The lowest BCUT2D eigenvalue weighted by Crippen LogP contribution is -2.26. The molecule has 2 aromatic rings. The highest BCUT2D eigenvalue weighted by Crippen LogP contribution is 2.20. The zero-order valence-corrected chi connectivity index (χ0v) is 13.5. The van der Waals surface area contributed by atoms with Gasteiger partial charge in [-0.05, 0) is 29.8 Å².